The van der Waals surface area contributed by atoms with Gasteiger partial charge in [-0.05, 0) is 41.3 Å². The standard InChI is InChI=1S/C23H18FN3O2/c24-17-10-7-15(8-11-17)14-29-20-6-3-13-26-22(20)19-12-9-16-4-1-2-5-18(16)21(19)27-23(25)28/h1-13H,14H2,(H3,25,27,28). The summed E-state index contributed by atoms with van der Waals surface area (Å²) in [7, 11) is 0. The van der Waals surface area contributed by atoms with Gasteiger partial charge in [0.2, 0.25) is 0 Å². The van der Waals surface area contributed by atoms with E-state index in [9.17, 15) is 9.18 Å². The molecule has 0 bridgehead atoms. The SMILES string of the molecule is NC(=O)Nc1c(-c2ncccc2OCc2ccc(F)cc2)ccc2ccccc12. The highest BCUT2D eigenvalue weighted by Crippen LogP contribution is 2.38. The van der Waals surface area contributed by atoms with E-state index < -0.39 is 6.03 Å². The molecular formula is C23H18FN3O2. The number of carbonyl (C=O) groups excluding carboxylic acids is 1. The summed E-state index contributed by atoms with van der Waals surface area (Å²) in [5.41, 5.74) is 8.08. The van der Waals surface area contributed by atoms with Crippen molar-refractivity contribution in [2.24, 2.45) is 5.73 Å². The average molecular weight is 387 g/mol. The fourth-order valence-corrected chi connectivity index (χ4v) is 3.18. The molecule has 0 spiro atoms. The summed E-state index contributed by atoms with van der Waals surface area (Å²) in [6.07, 6.45) is 1.66. The number of halogens is 1. The summed E-state index contributed by atoms with van der Waals surface area (Å²) in [6.45, 7) is 0.255. The molecule has 0 saturated carbocycles. The van der Waals surface area contributed by atoms with Gasteiger partial charge in [-0.3, -0.25) is 4.98 Å². The van der Waals surface area contributed by atoms with Gasteiger partial charge in [-0.15, -0.1) is 0 Å². The first kappa shape index (κ1) is 18.4. The van der Waals surface area contributed by atoms with E-state index >= 15 is 0 Å². The van der Waals surface area contributed by atoms with Gasteiger partial charge >= 0.3 is 6.03 Å². The summed E-state index contributed by atoms with van der Waals surface area (Å²) in [4.78, 5) is 16.1. The van der Waals surface area contributed by atoms with E-state index in [0.717, 1.165) is 16.3 Å². The number of anilines is 1. The second-order valence-corrected chi connectivity index (χ2v) is 6.46. The third kappa shape index (κ3) is 4.01. The van der Waals surface area contributed by atoms with Crippen LogP contribution in [0.25, 0.3) is 22.0 Å². The van der Waals surface area contributed by atoms with Gasteiger partial charge in [0, 0.05) is 17.1 Å². The third-order valence-corrected chi connectivity index (χ3v) is 4.51. The molecule has 144 valence electrons. The Labute approximate surface area is 167 Å². The molecule has 6 heteroatoms. The van der Waals surface area contributed by atoms with Crippen molar-refractivity contribution in [3.63, 3.8) is 0 Å². The third-order valence-electron chi connectivity index (χ3n) is 4.51. The number of pyridine rings is 1. The molecule has 0 unspecified atom stereocenters. The number of hydrogen-bond acceptors (Lipinski definition) is 3. The molecule has 0 atom stereocenters. The Balaban J connectivity index is 1.76. The van der Waals surface area contributed by atoms with Crippen molar-refractivity contribution in [2.45, 2.75) is 6.61 Å². The summed E-state index contributed by atoms with van der Waals surface area (Å²) >= 11 is 0. The van der Waals surface area contributed by atoms with Crippen molar-refractivity contribution < 1.29 is 13.9 Å². The lowest BCUT2D eigenvalue weighted by Crippen LogP contribution is -2.20. The number of aromatic nitrogens is 1. The van der Waals surface area contributed by atoms with Crippen molar-refractivity contribution in [1.82, 2.24) is 4.98 Å². The van der Waals surface area contributed by atoms with Crippen LogP contribution in [0.3, 0.4) is 0 Å². The molecule has 1 heterocycles. The number of hydrogen-bond donors (Lipinski definition) is 2. The van der Waals surface area contributed by atoms with Gasteiger partial charge in [0.05, 0.1) is 5.69 Å². The Morgan fingerprint density at radius 1 is 1.00 bits per heavy atom. The molecule has 29 heavy (non-hydrogen) atoms. The van der Waals surface area contributed by atoms with Gasteiger partial charge < -0.3 is 15.8 Å². The number of fused-ring (bicyclic) bond motifs is 1. The Morgan fingerprint density at radius 2 is 1.79 bits per heavy atom. The molecule has 2 amide bonds. The van der Waals surface area contributed by atoms with Crippen LogP contribution in [0.15, 0.2) is 79.0 Å². The highest BCUT2D eigenvalue weighted by Gasteiger charge is 2.16. The molecule has 0 aliphatic heterocycles. The van der Waals surface area contributed by atoms with E-state index in [1.54, 1.807) is 30.5 Å². The van der Waals surface area contributed by atoms with Crippen LogP contribution in [0.4, 0.5) is 14.9 Å². The van der Waals surface area contributed by atoms with Crippen LogP contribution < -0.4 is 15.8 Å². The van der Waals surface area contributed by atoms with Gasteiger partial charge in [-0.25, -0.2) is 9.18 Å². The van der Waals surface area contributed by atoms with E-state index in [2.05, 4.69) is 10.3 Å². The van der Waals surface area contributed by atoms with Crippen molar-refractivity contribution >= 4 is 22.5 Å². The molecule has 4 rings (SSSR count). The minimum atomic E-state index is -0.660. The zero-order chi connectivity index (χ0) is 20.2. The fourth-order valence-electron chi connectivity index (χ4n) is 3.18. The molecule has 0 aliphatic rings. The predicted molar refractivity (Wildman–Crippen MR) is 111 cm³/mol. The number of rotatable bonds is 5. The minimum absolute atomic E-state index is 0.255. The molecule has 5 nitrogen and oxygen atoms in total. The van der Waals surface area contributed by atoms with E-state index in [-0.39, 0.29) is 12.4 Å². The zero-order valence-electron chi connectivity index (χ0n) is 15.4. The number of carbonyl (C=O) groups is 1. The highest BCUT2D eigenvalue weighted by atomic mass is 19.1. The van der Waals surface area contributed by atoms with E-state index in [4.69, 9.17) is 10.5 Å². The number of ether oxygens (including phenoxy) is 1. The molecule has 1 aromatic heterocycles. The highest BCUT2D eigenvalue weighted by molar-refractivity contribution is 6.07. The van der Waals surface area contributed by atoms with Crippen LogP contribution in [0.2, 0.25) is 0 Å². The second kappa shape index (κ2) is 7.98. The number of amides is 2. The first-order chi connectivity index (χ1) is 14.1. The topological polar surface area (TPSA) is 77.2 Å². The summed E-state index contributed by atoms with van der Waals surface area (Å²) in [5, 5.41) is 4.53. The van der Waals surface area contributed by atoms with Crippen molar-refractivity contribution in [3.8, 4) is 17.0 Å². The van der Waals surface area contributed by atoms with Crippen LogP contribution >= 0.6 is 0 Å². The Bertz CT molecular complexity index is 1180. The summed E-state index contributed by atoms with van der Waals surface area (Å²) in [6, 6.07) is 20.5. The lowest BCUT2D eigenvalue weighted by Gasteiger charge is -2.16. The molecule has 4 aromatic rings. The van der Waals surface area contributed by atoms with E-state index in [1.807, 2.05) is 36.4 Å². The maximum atomic E-state index is 13.1. The second-order valence-electron chi connectivity index (χ2n) is 6.46. The number of nitrogens with zero attached hydrogens (tertiary/aromatic N) is 1. The number of urea groups is 1. The van der Waals surface area contributed by atoms with Gasteiger partial charge in [-0.2, -0.15) is 0 Å². The predicted octanol–water partition coefficient (Wildman–Crippen LogP) is 5.11. The lowest BCUT2D eigenvalue weighted by molar-refractivity contribution is 0.259. The van der Waals surface area contributed by atoms with Crippen LogP contribution in [0, 0.1) is 5.82 Å². The van der Waals surface area contributed by atoms with Crippen LogP contribution in [0.1, 0.15) is 5.56 Å². The zero-order valence-corrected chi connectivity index (χ0v) is 15.4. The van der Waals surface area contributed by atoms with Crippen LogP contribution in [0.5, 0.6) is 5.75 Å². The number of nitrogens with two attached hydrogens (primary N) is 1. The van der Waals surface area contributed by atoms with E-state index in [1.165, 1.54) is 12.1 Å². The Kier molecular flexibility index (Phi) is 5.07. The Morgan fingerprint density at radius 3 is 2.59 bits per heavy atom. The van der Waals surface area contributed by atoms with Crippen molar-refractivity contribution in [1.29, 1.82) is 0 Å². The summed E-state index contributed by atoms with van der Waals surface area (Å²) < 4.78 is 19.1. The molecular weight excluding hydrogens is 369 g/mol. The van der Waals surface area contributed by atoms with Gasteiger partial charge in [0.1, 0.15) is 23.9 Å². The number of benzene rings is 3. The van der Waals surface area contributed by atoms with Crippen LogP contribution in [-0.2, 0) is 6.61 Å². The summed E-state index contributed by atoms with van der Waals surface area (Å²) in [5.74, 6) is 0.244. The largest absolute Gasteiger partial charge is 0.487 e. The molecule has 0 fully saturated rings. The quantitative estimate of drug-likeness (QED) is 0.499. The maximum Gasteiger partial charge on any atom is 0.316 e. The lowest BCUT2D eigenvalue weighted by atomic mass is 10.0. The fraction of sp³-hybridized carbons (Fsp3) is 0.0435. The maximum absolute atomic E-state index is 13.1. The number of nitrogens with one attached hydrogen (secondary N) is 1. The normalized spacial score (nSPS) is 10.7. The molecule has 0 aliphatic carbocycles. The average Bonchev–Trinajstić information content (AvgIpc) is 2.74. The smallest absolute Gasteiger partial charge is 0.316 e. The molecule has 3 aromatic carbocycles. The van der Waals surface area contributed by atoms with Gasteiger partial charge in [0.15, 0.2) is 0 Å². The number of primary amides is 1. The molecule has 0 saturated heterocycles. The van der Waals surface area contributed by atoms with Crippen LogP contribution in [-0.4, -0.2) is 11.0 Å². The first-order valence-corrected chi connectivity index (χ1v) is 9.02. The molecule has 0 radical (unpaired) electrons. The molecule has 3 N–H and O–H groups in total. The Hall–Kier alpha value is -3.93. The van der Waals surface area contributed by atoms with Crippen molar-refractivity contribution in [2.75, 3.05) is 5.32 Å². The minimum Gasteiger partial charge on any atom is -0.487 e. The monoisotopic (exact) mass is 387 g/mol. The van der Waals surface area contributed by atoms with E-state index in [0.29, 0.717) is 22.7 Å². The van der Waals surface area contributed by atoms with Gasteiger partial charge in [0.25, 0.3) is 0 Å². The van der Waals surface area contributed by atoms with Gasteiger partial charge in [-0.1, -0.05) is 42.5 Å². The first-order valence-electron chi connectivity index (χ1n) is 9.02. The van der Waals surface area contributed by atoms with Crippen molar-refractivity contribution in [3.05, 3.63) is 90.4 Å².